The molecule has 1 aromatic heterocycles. The van der Waals surface area contributed by atoms with E-state index in [1.165, 1.54) is 0 Å². The second-order valence-electron chi connectivity index (χ2n) is 5.19. The van der Waals surface area contributed by atoms with Gasteiger partial charge in [0.15, 0.2) is 9.84 Å². The topological polar surface area (TPSA) is 72.0 Å². The number of sulfone groups is 1. The zero-order valence-electron chi connectivity index (χ0n) is 11.1. The number of anilines is 1. The Bertz CT molecular complexity index is 560. The first-order chi connectivity index (χ1) is 8.85. The Hall–Kier alpha value is -0.880. The van der Waals surface area contributed by atoms with E-state index in [9.17, 15) is 8.42 Å². The third-order valence-electron chi connectivity index (χ3n) is 3.04. The number of nitrogens with zero attached hydrogens (tertiary/aromatic N) is 2. The van der Waals surface area contributed by atoms with Crippen molar-refractivity contribution in [1.82, 2.24) is 9.97 Å². The molecule has 0 saturated carbocycles. The van der Waals surface area contributed by atoms with E-state index in [0.717, 1.165) is 6.42 Å². The van der Waals surface area contributed by atoms with Gasteiger partial charge >= 0.3 is 0 Å². The number of halogens is 1. The van der Waals surface area contributed by atoms with Crippen LogP contribution in [0, 0.1) is 0 Å². The Morgan fingerprint density at radius 1 is 1.42 bits per heavy atom. The third-order valence-corrected chi connectivity index (χ3v) is 5.06. The van der Waals surface area contributed by atoms with E-state index in [1.54, 1.807) is 6.07 Å². The van der Waals surface area contributed by atoms with Crippen LogP contribution in [0.4, 0.5) is 5.82 Å². The summed E-state index contributed by atoms with van der Waals surface area (Å²) in [6.07, 6.45) is 1.52. The van der Waals surface area contributed by atoms with Crippen LogP contribution >= 0.6 is 11.6 Å². The van der Waals surface area contributed by atoms with Crippen LogP contribution in [0.15, 0.2) is 6.07 Å². The van der Waals surface area contributed by atoms with Gasteiger partial charge in [-0.05, 0) is 12.8 Å². The SMILES string of the molecule is CC(C)c1nc(Cl)cc(NC2CCCS(=O)(=O)C2)n1. The Kier molecular flexibility index (Phi) is 4.30. The predicted molar refractivity (Wildman–Crippen MR) is 76.4 cm³/mol. The zero-order chi connectivity index (χ0) is 14.0. The number of aromatic nitrogens is 2. The van der Waals surface area contributed by atoms with Gasteiger partial charge in [0, 0.05) is 18.0 Å². The molecule has 7 heteroatoms. The molecule has 1 unspecified atom stereocenters. The lowest BCUT2D eigenvalue weighted by Gasteiger charge is -2.23. The Labute approximate surface area is 118 Å². The quantitative estimate of drug-likeness (QED) is 0.867. The predicted octanol–water partition coefficient (Wildman–Crippen LogP) is 2.24. The monoisotopic (exact) mass is 303 g/mol. The van der Waals surface area contributed by atoms with Gasteiger partial charge in [0.05, 0.1) is 11.5 Å². The minimum atomic E-state index is -2.93. The lowest BCUT2D eigenvalue weighted by atomic mass is 10.2. The van der Waals surface area contributed by atoms with E-state index in [4.69, 9.17) is 11.6 Å². The van der Waals surface area contributed by atoms with Crippen LogP contribution in [0.1, 0.15) is 38.4 Å². The van der Waals surface area contributed by atoms with Crippen LogP contribution in [0.3, 0.4) is 0 Å². The molecule has 5 nitrogen and oxygen atoms in total. The van der Waals surface area contributed by atoms with Crippen molar-refractivity contribution in [2.75, 3.05) is 16.8 Å². The van der Waals surface area contributed by atoms with Gasteiger partial charge in [-0.1, -0.05) is 25.4 Å². The van der Waals surface area contributed by atoms with Gasteiger partial charge < -0.3 is 5.32 Å². The first-order valence-electron chi connectivity index (χ1n) is 6.37. The summed E-state index contributed by atoms with van der Waals surface area (Å²) in [5.41, 5.74) is 0. The molecule has 2 heterocycles. The molecule has 1 aromatic rings. The summed E-state index contributed by atoms with van der Waals surface area (Å²) in [4.78, 5) is 8.52. The van der Waals surface area contributed by atoms with Gasteiger partial charge in [0.2, 0.25) is 0 Å². The summed E-state index contributed by atoms with van der Waals surface area (Å²) in [6.45, 7) is 3.97. The summed E-state index contributed by atoms with van der Waals surface area (Å²) < 4.78 is 23.2. The van der Waals surface area contributed by atoms with Crippen molar-refractivity contribution in [3.63, 3.8) is 0 Å². The maximum Gasteiger partial charge on any atom is 0.152 e. The molecule has 0 aromatic carbocycles. The molecule has 1 aliphatic heterocycles. The molecule has 1 saturated heterocycles. The fourth-order valence-electron chi connectivity index (χ4n) is 2.11. The van der Waals surface area contributed by atoms with E-state index < -0.39 is 9.84 Å². The fraction of sp³-hybridized carbons (Fsp3) is 0.667. The maximum absolute atomic E-state index is 11.6. The Morgan fingerprint density at radius 2 is 2.16 bits per heavy atom. The molecule has 1 N–H and O–H groups in total. The highest BCUT2D eigenvalue weighted by molar-refractivity contribution is 7.91. The second kappa shape index (κ2) is 5.63. The normalized spacial score (nSPS) is 22.4. The minimum absolute atomic E-state index is 0.0928. The van der Waals surface area contributed by atoms with E-state index in [2.05, 4.69) is 15.3 Å². The lowest BCUT2D eigenvalue weighted by molar-refractivity contribution is 0.561. The van der Waals surface area contributed by atoms with Crippen LogP contribution in [0.2, 0.25) is 5.15 Å². The minimum Gasteiger partial charge on any atom is -0.366 e. The van der Waals surface area contributed by atoms with Crippen molar-refractivity contribution >= 4 is 27.3 Å². The first kappa shape index (κ1) is 14.5. The molecule has 0 amide bonds. The molecule has 0 bridgehead atoms. The molecule has 106 valence electrons. The highest BCUT2D eigenvalue weighted by Crippen LogP contribution is 2.20. The van der Waals surface area contributed by atoms with Crippen LogP contribution in [0.5, 0.6) is 0 Å². The molecule has 1 aliphatic rings. The van der Waals surface area contributed by atoms with E-state index in [1.807, 2.05) is 13.8 Å². The number of nitrogens with one attached hydrogen (secondary N) is 1. The summed E-state index contributed by atoms with van der Waals surface area (Å²) in [7, 11) is -2.93. The molecule has 19 heavy (non-hydrogen) atoms. The molecule has 1 fully saturated rings. The highest BCUT2D eigenvalue weighted by Gasteiger charge is 2.25. The van der Waals surface area contributed by atoms with Gasteiger partial charge in [-0.25, -0.2) is 18.4 Å². The summed E-state index contributed by atoms with van der Waals surface area (Å²) in [5, 5.41) is 3.53. The van der Waals surface area contributed by atoms with Crippen LogP contribution in [-0.2, 0) is 9.84 Å². The van der Waals surface area contributed by atoms with Gasteiger partial charge in [-0.15, -0.1) is 0 Å². The smallest absolute Gasteiger partial charge is 0.152 e. The number of hydrogen-bond donors (Lipinski definition) is 1. The average molecular weight is 304 g/mol. The van der Waals surface area contributed by atoms with Crippen molar-refractivity contribution in [1.29, 1.82) is 0 Å². The van der Waals surface area contributed by atoms with Crippen LogP contribution < -0.4 is 5.32 Å². The van der Waals surface area contributed by atoms with E-state index in [-0.39, 0.29) is 23.5 Å². The van der Waals surface area contributed by atoms with Crippen molar-refractivity contribution in [2.24, 2.45) is 0 Å². The summed E-state index contributed by atoms with van der Waals surface area (Å²) in [6, 6.07) is 1.54. The number of hydrogen-bond acceptors (Lipinski definition) is 5. The van der Waals surface area contributed by atoms with E-state index >= 15 is 0 Å². The third kappa shape index (κ3) is 4.04. The summed E-state index contributed by atoms with van der Waals surface area (Å²) >= 11 is 5.96. The lowest BCUT2D eigenvalue weighted by Crippen LogP contribution is -2.35. The van der Waals surface area contributed by atoms with E-state index in [0.29, 0.717) is 23.2 Å². The van der Waals surface area contributed by atoms with Crippen LogP contribution in [-0.4, -0.2) is 35.9 Å². The highest BCUT2D eigenvalue weighted by atomic mass is 35.5. The van der Waals surface area contributed by atoms with Crippen molar-refractivity contribution in [3.05, 3.63) is 17.0 Å². The molecule has 0 aliphatic carbocycles. The standard InChI is InChI=1S/C12H18ClN3O2S/c1-8(2)12-15-10(13)6-11(16-12)14-9-4-3-5-19(17,18)7-9/h6,8-9H,3-5,7H2,1-2H3,(H,14,15,16). The van der Waals surface area contributed by atoms with Gasteiger partial charge in [-0.3, -0.25) is 0 Å². The second-order valence-corrected chi connectivity index (χ2v) is 7.80. The molecule has 2 rings (SSSR count). The molecular weight excluding hydrogens is 286 g/mol. The molecular formula is C12H18ClN3O2S. The average Bonchev–Trinajstić information content (AvgIpc) is 2.26. The van der Waals surface area contributed by atoms with Crippen molar-refractivity contribution < 1.29 is 8.42 Å². The largest absolute Gasteiger partial charge is 0.366 e. The summed E-state index contributed by atoms with van der Waals surface area (Å²) in [5.74, 6) is 1.88. The number of rotatable bonds is 3. The fourth-order valence-corrected chi connectivity index (χ4v) is 3.94. The zero-order valence-corrected chi connectivity index (χ0v) is 12.6. The Morgan fingerprint density at radius 3 is 2.79 bits per heavy atom. The van der Waals surface area contributed by atoms with Crippen molar-refractivity contribution in [2.45, 2.75) is 38.6 Å². The van der Waals surface area contributed by atoms with Gasteiger partial charge in [0.25, 0.3) is 0 Å². The first-order valence-corrected chi connectivity index (χ1v) is 8.57. The van der Waals surface area contributed by atoms with Crippen LogP contribution in [0.25, 0.3) is 0 Å². The van der Waals surface area contributed by atoms with Gasteiger partial charge in [-0.2, -0.15) is 0 Å². The van der Waals surface area contributed by atoms with Gasteiger partial charge in [0.1, 0.15) is 16.8 Å². The molecule has 0 spiro atoms. The molecule has 1 atom stereocenters. The van der Waals surface area contributed by atoms with Crippen molar-refractivity contribution in [3.8, 4) is 0 Å². The maximum atomic E-state index is 11.6. The molecule has 0 radical (unpaired) electrons. The Balaban J connectivity index is 2.14.